The largest absolute Gasteiger partial charge is 0.433 e. The number of hydrogen-bond acceptors (Lipinski definition) is 7. The molecule has 0 unspecified atom stereocenters. The summed E-state index contributed by atoms with van der Waals surface area (Å²) in [5.41, 5.74) is 1.69. The lowest BCUT2D eigenvalue weighted by molar-refractivity contribution is -0.402. The highest BCUT2D eigenvalue weighted by molar-refractivity contribution is 5.94. The van der Waals surface area contributed by atoms with E-state index in [1.807, 2.05) is 29.2 Å². The van der Waals surface area contributed by atoms with Crippen molar-refractivity contribution in [3.05, 3.63) is 57.8 Å². The predicted molar refractivity (Wildman–Crippen MR) is 110 cm³/mol. The highest BCUT2D eigenvalue weighted by Gasteiger charge is 2.40. The number of piperazine rings is 1. The highest BCUT2D eigenvalue weighted by Crippen LogP contribution is 2.25. The fraction of sp³-hybridized carbons (Fsp3) is 0.381. The second kappa shape index (κ2) is 8.21. The Labute approximate surface area is 178 Å². The van der Waals surface area contributed by atoms with Gasteiger partial charge in [0.1, 0.15) is 4.92 Å². The number of rotatable bonds is 5. The smallest absolute Gasteiger partial charge is 0.395 e. The van der Waals surface area contributed by atoms with E-state index in [1.54, 1.807) is 0 Å². The second-order valence-corrected chi connectivity index (χ2v) is 7.72. The Bertz CT molecular complexity index is 1020. The minimum atomic E-state index is -0.698. The summed E-state index contributed by atoms with van der Waals surface area (Å²) in [6.45, 7) is 4.64. The molecule has 0 bridgehead atoms. The maximum absolute atomic E-state index is 12.8. The van der Waals surface area contributed by atoms with Gasteiger partial charge in [-0.3, -0.25) is 24.5 Å². The van der Waals surface area contributed by atoms with Gasteiger partial charge in [0.25, 0.3) is 5.91 Å². The Morgan fingerprint density at radius 3 is 2.16 bits per heavy atom. The van der Waals surface area contributed by atoms with Gasteiger partial charge in [-0.1, -0.05) is 0 Å². The maximum Gasteiger partial charge on any atom is 0.433 e. The standard InChI is InChI=1S/C21H22N4O6/c1-14(26)15-2-4-17(5-3-15)22-8-10-23(11-9-22)20(27)16-12-24(13-16)21(28)18-6-7-19(31-18)25(29)30/h2-7,16H,8-13H2,1H3. The minimum absolute atomic E-state index is 0.0149. The van der Waals surface area contributed by atoms with E-state index >= 15 is 0 Å². The molecule has 0 spiro atoms. The third kappa shape index (κ3) is 4.14. The number of likely N-dealkylation sites (tertiary alicyclic amines) is 1. The molecule has 3 heterocycles. The number of ketones is 1. The zero-order valence-electron chi connectivity index (χ0n) is 17.0. The van der Waals surface area contributed by atoms with Crippen molar-refractivity contribution in [2.75, 3.05) is 44.2 Å². The number of nitro groups is 1. The summed E-state index contributed by atoms with van der Waals surface area (Å²) in [6.07, 6.45) is 0. The van der Waals surface area contributed by atoms with Crippen LogP contribution in [0.5, 0.6) is 0 Å². The molecule has 2 amide bonds. The molecule has 10 nitrogen and oxygen atoms in total. The van der Waals surface area contributed by atoms with Crippen molar-refractivity contribution < 1.29 is 23.7 Å². The molecular weight excluding hydrogens is 404 g/mol. The van der Waals surface area contributed by atoms with Gasteiger partial charge < -0.3 is 19.1 Å². The molecule has 2 aromatic rings. The van der Waals surface area contributed by atoms with Crippen molar-refractivity contribution in [2.24, 2.45) is 5.92 Å². The van der Waals surface area contributed by atoms with E-state index < -0.39 is 16.7 Å². The van der Waals surface area contributed by atoms with Gasteiger partial charge in [-0.05, 0) is 37.3 Å². The SMILES string of the molecule is CC(=O)c1ccc(N2CCN(C(=O)C3CN(C(=O)c4ccc([N+](=O)[O-])o4)C3)CC2)cc1. The van der Waals surface area contributed by atoms with Crippen LogP contribution in [0.15, 0.2) is 40.8 Å². The normalized spacial score (nSPS) is 16.7. The average Bonchev–Trinajstić information content (AvgIpc) is 3.23. The summed E-state index contributed by atoms with van der Waals surface area (Å²) in [5.74, 6) is -1.25. The number of benzene rings is 1. The monoisotopic (exact) mass is 426 g/mol. The summed E-state index contributed by atoms with van der Waals surface area (Å²) < 4.78 is 4.94. The number of amides is 2. The van der Waals surface area contributed by atoms with Crippen LogP contribution in [0.1, 0.15) is 27.8 Å². The van der Waals surface area contributed by atoms with E-state index in [1.165, 1.54) is 17.9 Å². The van der Waals surface area contributed by atoms with Gasteiger partial charge in [0, 0.05) is 50.5 Å². The molecule has 2 aliphatic rings. The molecule has 2 saturated heterocycles. The first-order valence-corrected chi connectivity index (χ1v) is 10.0. The van der Waals surface area contributed by atoms with Crippen LogP contribution in [0.4, 0.5) is 11.6 Å². The van der Waals surface area contributed by atoms with E-state index in [9.17, 15) is 24.5 Å². The lowest BCUT2D eigenvalue weighted by Crippen LogP contribution is -2.59. The van der Waals surface area contributed by atoms with E-state index in [2.05, 4.69) is 4.90 Å². The van der Waals surface area contributed by atoms with Crippen molar-refractivity contribution in [3.8, 4) is 0 Å². The lowest BCUT2D eigenvalue weighted by atomic mass is 9.97. The fourth-order valence-electron chi connectivity index (χ4n) is 3.85. The van der Waals surface area contributed by atoms with Crippen LogP contribution < -0.4 is 4.90 Å². The van der Waals surface area contributed by atoms with E-state index in [0.29, 0.717) is 31.7 Å². The first-order valence-electron chi connectivity index (χ1n) is 10.0. The van der Waals surface area contributed by atoms with Gasteiger partial charge in [-0.25, -0.2) is 0 Å². The number of carbonyl (C=O) groups excluding carboxylic acids is 3. The van der Waals surface area contributed by atoms with Crippen LogP contribution >= 0.6 is 0 Å². The molecule has 0 saturated carbocycles. The van der Waals surface area contributed by atoms with Crippen LogP contribution in [0.3, 0.4) is 0 Å². The molecule has 10 heteroatoms. The van der Waals surface area contributed by atoms with Gasteiger partial charge in [0.05, 0.1) is 12.0 Å². The molecule has 4 rings (SSSR count). The quantitative estimate of drug-likeness (QED) is 0.407. The maximum atomic E-state index is 12.8. The molecular formula is C21H22N4O6. The lowest BCUT2D eigenvalue weighted by Gasteiger charge is -2.42. The summed E-state index contributed by atoms with van der Waals surface area (Å²) in [5, 5.41) is 10.7. The van der Waals surface area contributed by atoms with Crippen molar-refractivity contribution in [2.45, 2.75) is 6.92 Å². The van der Waals surface area contributed by atoms with Crippen LogP contribution in [0, 0.1) is 16.0 Å². The number of furan rings is 1. The van der Waals surface area contributed by atoms with Crippen molar-refractivity contribution in [1.29, 1.82) is 0 Å². The molecule has 162 valence electrons. The van der Waals surface area contributed by atoms with Gasteiger partial charge in [-0.2, -0.15) is 0 Å². The average molecular weight is 426 g/mol. The van der Waals surface area contributed by atoms with Crippen molar-refractivity contribution >= 4 is 29.2 Å². The second-order valence-electron chi connectivity index (χ2n) is 7.72. The Kier molecular flexibility index (Phi) is 5.45. The fourth-order valence-corrected chi connectivity index (χ4v) is 3.85. The van der Waals surface area contributed by atoms with Crippen LogP contribution in [-0.2, 0) is 4.79 Å². The van der Waals surface area contributed by atoms with E-state index in [0.717, 1.165) is 11.8 Å². The number of anilines is 1. The van der Waals surface area contributed by atoms with Crippen molar-refractivity contribution in [3.63, 3.8) is 0 Å². The van der Waals surface area contributed by atoms with Crippen LogP contribution in [0.2, 0.25) is 0 Å². The first-order chi connectivity index (χ1) is 14.8. The number of nitrogens with zero attached hydrogens (tertiary/aromatic N) is 4. The molecule has 0 atom stereocenters. The van der Waals surface area contributed by atoms with Crippen LogP contribution in [-0.4, -0.2) is 71.6 Å². The number of hydrogen-bond donors (Lipinski definition) is 0. The summed E-state index contributed by atoms with van der Waals surface area (Å²) in [7, 11) is 0. The predicted octanol–water partition coefficient (Wildman–Crippen LogP) is 1.81. The van der Waals surface area contributed by atoms with Gasteiger partial charge in [0.2, 0.25) is 5.91 Å². The summed E-state index contributed by atoms with van der Waals surface area (Å²) in [4.78, 5) is 51.9. The van der Waals surface area contributed by atoms with Gasteiger partial charge in [0.15, 0.2) is 11.5 Å². The highest BCUT2D eigenvalue weighted by atomic mass is 16.6. The van der Waals surface area contributed by atoms with E-state index in [-0.39, 0.29) is 36.5 Å². The van der Waals surface area contributed by atoms with Crippen LogP contribution in [0.25, 0.3) is 0 Å². The third-order valence-corrected chi connectivity index (χ3v) is 5.73. The Morgan fingerprint density at radius 1 is 0.968 bits per heavy atom. The topological polar surface area (TPSA) is 117 Å². The van der Waals surface area contributed by atoms with E-state index in [4.69, 9.17) is 4.42 Å². The number of carbonyl (C=O) groups is 3. The van der Waals surface area contributed by atoms with Gasteiger partial charge >= 0.3 is 5.88 Å². The van der Waals surface area contributed by atoms with Gasteiger partial charge in [-0.15, -0.1) is 0 Å². The molecule has 1 aromatic heterocycles. The molecule has 0 N–H and O–H groups in total. The molecule has 2 aliphatic heterocycles. The summed E-state index contributed by atoms with van der Waals surface area (Å²) >= 11 is 0. The Balaban J connectivity index is 1.26. The zero-order valence-corrected chi connectivity index (χ0v) is 17.0. The molecule has 1 aromatic carbocycles. The summed E-state index contributed by atoms with van der Waals surface area (Å²) in [6, 6.07) is 9.87. The number of Topliss-reactive ketones (excluding diaryl/α,β-unsaturated/α-hetero) is 1. The first kappa shape index (κ1) is 20.6. The Hall–Kier alpha value is -3.69. The van der Waals surface area contributed by atoms with Crippen molar-refractivity contribution in [1.82, 2.24) is 9.80 Å². The Morgan fingerprint density at radius 2 is 1.61 bits per heavy atom. The third-order valence-electron chi connectivity index (χ3n) is 5.73. The zero-order chi connectivity index (χ0) is 22.1. The molecule has 0 aliphatic carbocycles. The minimum Gasteiger partial charge on any atom is -0.395 e. The molecule has 2 fully saturated rings. The molecule has 31 heavy (non-hydrogen) atoms. The molecule has 0 radical (unpaired) electrons.